The van der Waals surface area contributed by atoms with Gasteiger partial charge >= 0.3 is 0 Å². The van der Waals surface area contributed by atoms with Crippen molar-refractivity contribution in [1.29, 1.82) is 0 Å². The Morgan fingerprint density at radius 1 is 1.29 bits per heavy atom. The van der Waals surface area contributed by atoms with E-state index in [1.54, 1.807) is 6.07 Å². The summed E-state index contributed by atoms with van der Waals surface area (Å²) in [5.41, 5.74) is 0.373. The first-order chi connectivity index (χ1) is 13.1. The van der Waals surface area contributed by atoms with Gasteiger partial charge in [0.15, 0.2) is 5.84 Å². The zero-order valence-corrected chi connectivity index (χ0v) is 17.6. The number of hydrogen-bond donors (Lipinski definition) is 1. The van der Waals surface area contributed by atoms with Crippen LogP contribution >= 0.6 is 11.6 Å². The first kappa shape index (κ1) is 21.2. The minimum absolute atomic E-state index is 0.0665. The normalized spacial score (nSPS) is 27.0. The molecule has 0 aromatic carbocycles. The largest absolute Gasteiger partial charge is 0.327 e. The van der Waals surface area contributed by atoms with E-state index in [1.165, 1.54) is 0 Å². The number of aromatic nitrogens is 1. The summed E-state index contributed by atoms with van der Waals surface area (Å²) in [6.45, 7) is 6.53. The third-order valence-corrected chi connectivity index (χ3v) is 5.65. The summed E-state index contributed by atoms with van der Waals surface area (Å²) in [6, 6.07) is 5.37. The number of alkyl halides is 2. The van der Waals surface area contributed by atoms with Gasteiger partial charge in [-0.1, -0.05) is 31.5 Å². The fourth-order valence-corrected chi connectivity index (χ4v) is 3.90. The van der Waals surface area contributed by atoms with Crippen molar-refractivity contribution < 1.29 is 8.78 Å². The van der Waals surface area contributed by atoms with E-state index >= 15 is 0 Å². The van der Waals surface area contributed by atoms with Gasteiger partial charge < -0.3 is 5.32 Å². The van der Waals surface area contributed by atoms with Gasteiger partial charge in [-0.2, -0.15) is 0 Å². The fraction of sp³-hybridized carbons (Fsp3) is 0.667. The van der Waals surface area contributed by atoms with Crippen molar-refractivity contribution in [3.05, 3.63) is 29.0 Å². The molecule has 0 bridgehead atoms. The van der Waals surface area contributed by atoms with Crippen molar-refractivity contribution in [1.82, 2.24) is 10.3 Å². The van der Waals surface area contributed by atoms with E-state index in [9.17, 15) is 8.78 Å². The lowest BCUT2D eigenvalue weighted by Gasteiger charge is -2.34. The highest BCUT2D eigenvalue weighted by molar-refractivity contribution is 6.29. The predicted molar refractivity (Wildman–Crippen MR) is 111 cm³/mol. The van der Waals surface area contributed by atoms with Crippen LogP contribution < -0.4 is 5.32 Å². The topological polar surface area (TPSA) is 49.6 Å². The average molecular weight is 411 g/mol. The number of amidine groups is 2. The Bertz CT molecular complexity index is 753. The van der Waals surface area contributed by atoms with Crippen LogP contribution in [0.25, 0.3) is 0 Å². The standard InChI is InChI=1S/C21H29ClF2N4/c1-14(2)7-10-20(3)13-18(25-15-8-11-21(23,24)12-9-15)27-19(28-20)16-5-4-6-17(22)26-16/h4-6,14-15H,7-13H2,1-3H3,(H,25,27,28). The number of nitrogens with one attached hydrogen (secondary N) is 1. The van der Waals surface area contributed by atoms with Crippen molar-refractivity contribution in [3.63, 3.8) is 0 Å². The molecule has 1 fully saturated rings. The van der Waals surface area contributed by atoms with E-state index < -0.39 is 5.92 Å². The molecule has 1 N–H and O–H groups in total. The molecular weight excluding hydrogens is 382 g/mol. The highest BCUT2D eigenvalue weighted by Crippen LogP contribution is 2.35. The van der Waals surface area contributed by atoms with Gasteiger partial charge in [-0.25, -0.2) is 13.8 Å². The van der Waals surface area contributed by atoms with Crippen LogP contribution in [0.15, 0.2) is 28.2 Å². The number of aliphatic imine (C=N–C) groups is 2. The number of halogens is 3. The van der Waals surface area contributed by atoms with Crippen molar-refractivity contribution in [2.24, 2.45) is 15.9 Å². The summed E-state index contributed by atoms with van der Waals surface area (Å²) in [5, 5.41) is 3.71. The third kappa shape index (κ3) is 5.72. The molecule has 1 aromatic heterocycles. The SMILES string of the molecule is CC(C)CCC1(C)CC(=NC2CCC(F)(F)CC2)NC(c2cccc(Cl)n2)=N1. The maximum atomic E-state index is 13.5. The van der Waals surface area contributed by atoms with Crippen LogP contribution in [0.5, 0.6) is 0 Å². The molecule has 2 heterocycles. The van der Waals surface area contributed by atoms with Gasteiger partial charge in [0.05, 0.1) is 11.6 Å². The second kappa shape index (κ2) is 8.44. The summed E-state index contributed by atoms with van der Waals surface area (Å²) in [7, 11) is 0. The molecule has 4 nitrogen and oxygen atoms in total. The quantitative estimate of drug-likeness (QED) is 0.638. The molecule has 2 aliphatic rings. The van der Waals surface area contributed by atoms with Gasteiger partial charge in [-0.3, -0.25) is 9.98 Å². The van der Waals surface area contributed by atoms with Crippen molar-refractivity contribution >= 4 is 23.3 Å². The van der Waals surface area contributed by atoms with E-state index in [1.807, 2.05) is 12.1 Å². The molecule has 1 aromatic rings. The van der Waals surface area contributed by atoms with Crippen molar-refractivity contribution in [2.45, 2.75) is 83.2 Å². The summed E-state index contributed by atoms with van der Waals surface area (Å²) in [6.07, 6.45) is 3.32. The molecule has 28 heavy (non-hydrogen) atoms. The van der Waals surface area contributed by atoms with E-state index in [2.05, 4.69) is 31.1 Å². The highest BCUT2D eigenvalue weighted by atomic mass is 35.5. The fourth-order valence-electron chi connectivity index (χ4n) is 3.74. The van der Waals surface area contributed by atoms with Gasteiger partial charge in [-0.15, -0.1) is 0 Å². The molecule has 0 spiro atoms. The van der Waals surface area contributed by atoms with Gasteiger partial charge in [0.2, 0.25) is 5.92 Å². The van der Waals surface area contributed by atoms with Crippen LogP contribution in [0.3, 0.4) is 0 Å². The average Bonchev–Trinajstić information content (AvgIpc) is 2.62. The van der Waals surface area contributed by atoms with E-state index in [0.29, 0.717) is 41.9 Å². The van der Waals surface area contributed by atoms with E-state index in [-0.39, 0.29) is 24.4 Å². The minimum atomic E-state index is -2.54. The molecule has 154 valence electrons. The molecule has 1 aliphatic carbocycles. The smallest absolute Gasteiger partial charge is 0.248 e. The van der Waals surface area contributed by atoms with Gasteiger partial charge in [0, 0.05) is 19.3 Å². The van der Waals surface area contributed by atoms with Gasteiger partial charge in [0.1, 0.15) is 16.7 Å². The summed E-state index contributed by atoms with van der Waals surface area (Å²) < 4.78 is 26.9. The molecular formula is C21H29ClF2N4. The lowest BCUT2D eigenvalue weighted by Crippen LogP contribution is -2.45. The first-order valence-electron chi connectivity index (χ1n) is 10.1. The zero-order valence-electron chi connectivity index (χ0n) is 16.8. The number of hydrogen-bond acceptors (Lipinski definition) is 3. The van der Waals surface area contributed by atoms with Crippen molar-refractivity contribution in [3.8, 4) is 0 Å². The zero-order chi connectivity index (χ0) is 20.4. The molecule has 7 heteroatoms. The minimum Gasteiger partial charge on any atom is -0.327 e. The molecule has 1 aliphatic heterocycles. The molecule has 1 saturated carbocycles. The first-order valence-corrected chi connectivity index (χ1v) is 10.5. The van der Waals surface area contributed by atoms with Crippen molar-refractivity contribution in [2.75, 3.05) is 0 Å². The number of nitrogens with zero attached hydrogens (tertiary/aromatic N) is 3. The maximum absolute atomic E-state index is 13.5. The van der Waals surface area contributed by atoms with Crippen LogP contribution in [0.2, 0.25) is 5.15 Å². The summed E-state index contributed by atoms with van der Waals surface area (Å²) in [4.78, 5) is 14.1. The predicted octanol–water partition coefficient (Wildman–Crippen LogP) is 5.65. The second-order valence-electron chi connectivity index (χ2n) is 8.70. The Morgan fingerprint density at radius 2 is 2.00 bits per heavy atom. The number of pyridine rings is 1. The summed E-state index contributed by atoms with van der Waals surface area (Å²) in [5.74, 6) is -0.497. The molecule has 3 rings (SSSR count). The molecule has 0 amide bonds. The van der Waals surface area contributed by atoms with E-state index in [0.717, 1.165) is 18.7 Å². The molecule has 1 atom stereocenters. The Morgan fingerprint density at radius 3 is 2.64 bits per heavy atom. The second-order valence-corrected chi connectivity index (χ2v) is 9.09. The molecule has 0 saturated heterocycles. The Labute approximate surface area is 170 Å². The van der Waals surface area contributed by atoms with Gasteiger partial charge in [-0.05, 0) is 50.7 Å². The lowest BCUT2D eigenvalue weighted by atomic mass is 9.87. The molecule has 0 radical (unpaired) electrons. The third-order valence-electron chi connectivity index (χ3n) is 5.44. The summed E-state index contributed by atoms with van der Waals surface area (Å²) >= 11 is 6.06. The highest BCUT2D eigenvalue weighted by Gasteiger charge is 2.36. The number of rotatable bonds is 5. The maximum Gasteiger partial charge on any atom is 0.248 e. The van der Waals surface area contributed by atoms with E-state index in [4.69, 9.17) is 21.6 Å². The van der Waals surface area contributed by atoms with Crippen LogP contribution in [-0.4, -0.2) is 34.2 Å². The van der Waals surface area contributed by atoms with Crippen LogP contribution in [0.4, 0.5) is 8.78 Å². The van der Waals surface area contributed by atoms with Crippen LogP contribution in [0, 0.1) is 5.92 Å². The molecule has 1 unspecified atom stereocenters. The lowest BCUT2D eigenvalue weighted by molar-refractivity contribution is -0.0374. The van der Waals surface area contributed by atoms with Crippen LogP contribution in [0.1, 0.15) is 71.4 Å². The Hall–Kier alpha value is -1.56. The van der Waals surface area contributed by atoms with Crippen LogP contribution in [-0.2, 0) is 0 Å². The Balaban J connectivity index is 1.84. The van der Waals surface area contributed by atoms with Gasteiger partial charge in [0.25, 0.3) is 0 Å². The monoisotopic (exact) mass is 410 g/mol. The Kier molecular flexibility index (Phi) is 6.37.